The fourth-order valence-corrected chi connectivity index (χ4v) is 12.8. The van der Waals surface area contributed by atoms with Crippen LogP contribution in [-0.4, -0.2) is 203 Å². The number of carbonyl (C=O) groups is 10. The number of aromatic nitrogens is 4. The lowest BCUT2D eigenvalue weighted by atomic mass is 10.0. The van der Waals surface area contributed by atoms with Crippen LogP contribution in [0.25, 0.3) is 10.9 Å². The summed E-state index contributed by atoms with van der Waals surface area (Å²) in [5, 5.41) is 47.4. The van der Waals surface area contributed by atoms with E-state index >= 15 is 0 Å². The molecule has 0 saturated carbocycles. The summed E-state index contributed by atoms with van der Waals surface area (Å²) in [5.74, 6) is -5.73. The van der Waals surface area contributed by atoms with Crippen LogP contribution in [0.4, 0.5) is 4.79 Å². The Bertz CT molecular complexity index is 3370. The zero-order valence-electron chi connectivity index (χ0n) is 52.5. The average molecular weight is 1320 g/mol. The molecule has 9 atom stereocenters. The van der Waals surface area contributed by atoms with Gasteiger partial charge in [0.1, 0.15) is 42.9 Å². The Labute approximate surface area is 548 Å². The molecule has 2 saturated heterocycles. The van der Waals surface area contributed by atoms with E-state index in [1.165, 1.54) is 4.68 Å². The van der Waals surface area contributed by atoms with Gasteiger partial charge >= 0.3 is 6.03 Å². The molecule has 30 heteroatoms. The van der Waals surface area contributed by atoms with Crippen molar-refractivity contribution in [3.63, 3.8) is 0 Å². The first-order valence-corrected chi connectivity index (χ1v) is 32.7. The highest BCUT2D eigenvalue weighted by atomic mass is 32.2. The van der Waals surface area contributed by atoms with Gasteiger partial charge in [-0.15, -0.1) is 5.10 Å². The highest BCUT2D eigenvalue weighted by Gasteiger charge is 2.43. The molecule has 0 radical (unpaired) electrons. The zero-order chi connectivity index (χ0) is 66.8. The van der Waals surface area contributed by atoms with E-state index < -0.39 is 103 Å². The molecular weight excluding hydrogens is 1230 g/mol. The largest absolute Gasteiger partial charge is 0.394 e. The van der Waals surface area contributed by atoms with E-state index in [0.717, 1.165) is 35.9 Å². The van der Waals surface area contributed by atoms with Gasteiger partial charge in [-0.3, -0.25) is 47.8 Å². The second-order valence-electron chi connectivity index (χ2n) is 23.3. The molecule has 8 rings (SSSR count). The maximum atomic E-state index is 14.6. The Morgan fingerprint density at radius 3 is 2.03 bits per heavy atom. The minimum absolute atomic E-state index is 0.00443. The summed E-state index contributed by atoms with van der Waals surface area (Å²) in [4.78, 5) is 136. The van der Waals surface area contributed by atoms with Crippen LogP contribution in [0.2, 0.25) is 0 Å². The molecule has 29 nitrogen and oxygen atoms in total. The molecular formula is C64H85N15O14S. The number of nitrogens with one attached hydrogen (secondary N) is 10. The molecule has 3 aliphatic rings. The number of urea groups is 1. The third-order valence-corrected chi connectivity index (χ3v) is 17.7. The lowest BCUT2D eigenvalue weighted by Crippen LogP contribution is -2.60. The molecule has 1 unspecified atom stereocenters. The summed E-state index contributed by atoms with van der Waals surface area (Å²) in [6, 6.07) is 16.8. The summed E-state index contributed by atoms with van der Waals surface area (Å²) in [6.07, 6.45) is 6.61. The number of aryl methyl sites for hydroxylation is 2. The number of thioether (sulfide) groups is 1. The van der Waals surface area contributed by atoms with E-state index in [-0.39, 0.29) is 101 Å². The van der Waals surface area contributed by atoms with Crippen LogP contribution < -0.4 is 58.9 Å². The monoisotopic (exact) mass is 1320 g/mol. The highest BCUT2D eigenvalue weighted by molar-refractivity contribution is 8.00. The highest BCUT2D eigenvalue weighted by Crippen LogP contribution is 2.33. The third kappa shape index (κ3) is 22.1. The van der Waals surface area contributed by atoms with E-state index in [9.17, 15) is 53.1 Å². The van der Waals surface area contributed by atoms with Crippen molar-refractivity contribution < 1.29 is 67.3 Å². The number of aliphatic hydroxyl groups excluding tert-OH is 1. The molecule has 3 aliphatic heterocycles. The number of hydrogen-bond donors (Lipinski definition) is 12. The number of nitrogens with two attached hydrogens (primary N) is 1. The first-order valence-electron chi connectivity index (χ1n) is 31.7. The van der Waals surface area contributed by atoms with Crippen molar-refractivity contribution in [2.75, 3.05) is 65.1 Å². The fourth-order valence-electron chi connectivity index (χ4n) is 11.3. The van der Waals surface area contributed by atoms with Crippen molar-refractivity contribution >= 4 is 81.9 Å². The van der Waals surface area contributed by atoms with Crippen molar-refractivity contribution in [2.45, 2.75) is 131 Å². The van der Waals surface area contributed by atoms with Crippen LogP contribution >= 0.6 is 11.8 Å². The number of aliphatic hydroxyl groups is 1. The van der Waals surface area contributed by atoms with Crippen LogP contribution in [0.15, 0.2) is 97.3 Å². The summed E-state index contributed by atoms with van der Waals surface area (Å²) in [6.45, 7) is -0.629. The number of rotatable bonds is 25. The van der Waals surface area contributed by atoms with Gasteiger partial charge in [-0.1, -0.05) is 90.5 Å². The molecule has 0 aliphatic carbocycles. The standard InChI is InChI=1S/C64H85N15O14S/c1-78-35-42(44-18-8-9-20-52(44)78)32-48-61(87)73-50(37-80)63(89)70-45(58(65)84)19-12-13-24-79-36-43(76-77-79)33-49(69-56(83)38-93-29-28-92-27-26-91-25-23-66-54(81)22-11-10-21-53-57-51(39-94-53)74-64(90)75-57)62(88)71-46(30-40-14-4-2-5-15-40)59(85)67-34-55(82)68-47(60(86)72-48)31-41-16-6-3-7-17-41/h2-9,14-18,20,35-36,45-51,53,57,80H,10-13,19,21-34,37-39H2,1H3,(H2,65,84)(H,66,81)(H,67,85)(H,68,82)(H,69,83)(H,70,89)(H,71,88)(H,72,86)(H,73,87)(H2,74,75,90)/t45-,46+,47+,48+,49-,50+,51+,53?,57+/m0/s1. The van der Waals surface area contributed by atoms with E-state index in [2.05, 4.69) is 63.5 Å². The lowest BCUT2D eigenvalue weighted by Gasteiger charge is -2.26. The van der Waals surface area contributed by atoms with Crippen LogP contribution in [0.5, 0.6) is 0 Å². The van der Waals surface area contributed by atoms with Gasteiger partial charge < -0.3 is 82.8 Å². The maximum absolute atomic E-state index is 14.6. The number of para-hydroxylation sites is 1. The van der Waals surface area contributed by atoms with Crippen molar-refractivity contribution in [2.24, 2.45) is 12.8 Å². The van der Waals surface area contributed by atoms with Crippen LogP contribution in [0.3, 0.4) is 0 Å². The normalized spacial score (nSPS) is 22.8. The SMILES string of the molecule is Cn1cc(C[C@H]2NC(=O)[C@@H](Cc3ccccc3)NC(=O)CNC(=O)[C@@H](Cc3ccccc3)NC(=O)[C@@H](NC(=O)COCCOCCOCCNC(=O)CCCCC3SC[C@H]4NC(=O)N[C@@H]34)Cc3cn(nn3)CCCC[C@@H](C(N)=O)NC(=O)[C@@H](CO)NC2=O)c2ccccc21. The van der Waals surface area contributed by atoms with Crippen molar-refractivity contribution in [1.82, 2.24) is 72.7 Å². The molecule has 5 heterocycles. The summed E-state index contributed by atoms with van der Waals surface area (Å²) in [5.41, 5.74) is 8.76. The smallest absolute Gasteiger partial charge is 0.315 e. The number of hydrogen-bond acceptors (Lipinski definition) is 17. The number of unbranched alkanes of at least 4 members (excludes halogenated alkanes) is 1. The first-order chi connectivity index (χ1) is 45.5. The van der Waals surface area contributed by atoms with E-state index in [4.69, 9.17) is 19.9 Å². The molecule has 11 amide bonds. The van der Waals surface area contributed by atoms with Crippen LogP contribution in [-0.2, 0) is 96.6 Å². The summed E-state index contributed by atoms with van der Waals surface area (Å²) in [7, 11) is 1.82. The average Bonchev–Trinajstić information content (AvgIpc) is 1.69. The Morgan fingerprint density at radius 2 is 1.32 bits per heavy atom. The van der Waals surface area contributed by atoms with Gasteiger partial charge in [0, 0.05) is 86.5 Å². The fraction of sp³-hybridized carbons (Fsp3) is 0.500. The summed E-state index contributed by atoms with van der Waals surface area (Å²) < 4.78 is 20.1. The third-order valence-electron chi connectivity index (χ3n) is 16.2. The number of fused-ring (bicyclic) bond motifs is 4. The molecule has 3 aromatic carbocycles. The lowest BCUT2D eigenvalue weighted by molar-refractivity contribution is -0.135. The zero-order valence-corrected chi connectivity index (χ0v) is 53.3. The molecule has 94 heavy (non-hydrogen) atoms. The van der Waals surface area contributed by atoms with Crippen LogP contribution in [0.1, 0.15) is 67.3 Å². The predicted octanol–water partition coefficient (Wildman–Crippen LogP) is -1.38. The van der Waals surface area contributed by atoms with Gasteiger partial charge in [0.25, 0.3) is 0 Å². The van der Waals surface area contributed by atoms with Gasteiger partial charge in [-0.25, -0.2) is 4.79 Å². The first kappa shape index (κ1) is 70.9. The van der Waals surface area contributed by atoms with Gasteiger partial charge in [0.05, 0.1) is 64.0 Å². The Kier molecular flexibility index (Phi) is 27.5. The molecule has 0 spiro atoms. The molecule has 13 N–H and O–H groups in total. The number of amides is 11. The molecule has 506 valence electrons. The molecule has 2 fully saturated rings. The van der Waals surface area contributed by atoms with Gasteiger partial charge in [0.2, 0.25) is 53.2 Å². The Morgan fingerprint density at radius 1 is 0.681 bits per heavy atom. The second kappa shape index (κ2) is 36.5. The number of primary amides is 1. The van der Waals surface area contributed by atoms with E-state index in [0.29, 0.717) is 47.7 Å². The topological polar surface area (TPSA) is 401 Å². The second-order valence-corrected chi connectivity index (χ2v) is 24.6. The van der Waals surface area contributed by atoms with Crippen LogP contribution in [0, 0.1) is 0 Å². The number of carbonyl (C=O) groups excluding carboxylic acids is 10. The minimum Gasteiger partial charge on any atom is -0.394 e. The molecule has 2 bridgehead atoms. The van der Waals surface area contributed by atoms with Crippen molar-refractivity contribution in [3.8, 4) is 0 Å². The van der Waals surface area contributed by atoms with Gasteiger partial charge in [-0.2, -0.15) is 11.8 Å². The Hall–Kier alpha value is -8.97. The summed E-state index contributed by atoms with van der Waals surface area (Å²) >= 11 is 1.85. The number of ether oxygens (including phenoxy) is 3. The van der Waals surface area contributed by atoms with Gasteiger partial charge in [-0.05, 0) is 54.9 Å². The maximum Gasteiger partial charge on any atom is 0.315 e. The van der Waals surface area contributed by atoms with E-state index in [1.807, 2.05) is 47.6 Å². The van der Waals surface area contributed by atoms with Crippen molar-refractivity contribution in [3.05, 3.63) is 120 Å². The predicted molar refractivity (Wildman–Crippen MR) is 345 cm³/mol. The number of nitrogens with zero attached hydrogens (tertiary/aromatic N) is 4. The number of benzene rings is 3. The van der Waals surface area contributed by atoms with E-state index in [1.54, 1.807) is 73.1 Å². The quantitative estimate of drug-likeness (QED) is 0.0237. The van der Waals surface area contributed by atoms with Crippen molar-refractivity contribution in [1.29, 1.82) is 0 Å². The molecule has 2 aromatic heterocycles. The minimum atomic E-state index is -1.60. The Balaban J connectivity index is 0.900. The molecule has 5 aromatic rings. The van der Waals surface area contributed by atoms with Gasteiger partial charge in [0.15, 0.2) is 0 Å².